The van der Waals surface area contributed by atoms with Gasteiger partial charge in [-0.3, -0.25) is 9.59 Å². The molecule has 1 N–H and O–H groups in total. The summed E-state index contributed by atoms with van der Waals surface area (Å²) >= 11 is 1.01. The second kappa shape index (κ2) is 7.56. The van der Waals surface area contributed by atoms with Crippen molar-refractivity contribution in [2.45, 2.75) is 32.6 Å². The number of hydrogen-bond donors (Lipinski definition) is 1. The zero-order valence-corrected chi connectivity index (χ0v) is 15.3. The number of carbonyl (C=O) groups is 3. The van der Waals surface area contributed by atoms with Crippen LogP contribution in [0, 0.1) is 11.8 Å². The molecule has 7 heteroatoms. The van der Waals surface area contributed by atoms with Gasteiger partial charge in [0.2, 0.25) is 5.91 Å². The maximum Gasteiger partial charge on any atom is 0.345 e. The predicted molar refractivity (Wildman–Crippen MR) is 94.9 cm³/mol. The average molecular weight is 364 g/mol. The largest absolute Gasteiger partial charge is 0.477 e. The predicted octanol–water partition coefficient (Wildman–Crippen LogP) is 2.56. The molecule has 6 nitrogen and oxygen atoms in total. The molecule has 2 saturated heterocycles. The van der Waals surface area contributed by atoms with Crippen LogP contribution in [0.5, 0.6) is 0 Å². The van der Waals surface area contributed by atoms with E-state index >= 15 is 0 Å². The first-order valence-electron chi connectivity index (χ1n) is 8.87. The monoisotopic (exact) mass is 364 g/mol. The van der Waals surface area contributed by atoms with Crippen LogP contribution in [0.2, 0.25) is 0 Å². The number of amides is 2. The second-order valence-corrected chi connectivity index (χ2v) is 8.13. The first kappa shape index (κ1) is 17.9. The molecule has 3 heterocycles. The molecule has 0 spiro atoms. The fourth-order valence-corrected chi connectivity index (χ4v) is 4.35. The second-order valence-electron chi connectivity index (χ2n) is 7.04. The van der Waals surface area contributed by atoms with Crippen LogP contribution in [0.25, 0.3) is 0 Å². The number of piperidine rings is 2. The van der Waals surface area contributed by atoms with Gasteiger partial charge in [-0.15, -0.1) is 11.3 Å². The molecule has 2 fully saturated rings. The Morgan fingerprint density at radius 3 is 2.08 bits per heavy atom. The minimum absolute atomic E-state index is 0.00960. The van der Waals surface area contributed by atoms with Crippen molar-refractivity contribution in [3.63, 3.8) is 0 Å². The molecule has 0 bridgehead atoms. The van der Waals surface area contributed by atoms with Gasteiger partial charge >= 0.3 is 5.97 Å². The maximum absolute atomic E-state index is 12.6. The van der Waals surface area contributed by atoms with Crippen LogP contribution in [-0.2, 0) is 4.79 Å². The number of carbonyl (C=O) groups excluding carboxylic acids is 2. The highest BCUT2D eigenvalue weighted by Crippen LogP contribution is 2.26. The van der Waals surface area contributed by atoms with Gasteiger partial charge in [0.25, 0.3) is 5.91 Å². The average Bonchev–Trinajstić information content (AvgIpc) is 3.12. The lowest BCUT2D eigenvalue weighted by Crippen LogP contribution is -2.46. The Balaban J connectivity index is 1.53. The number of hydrogen-bond acceptors (Lipinski definition) is 4. The van der Waals surface area contributed by atoms with Gasteiger partial charge in [-0.2, -0.15) is 0 Å². The minimum Gasteiger partial charge on any atom is -0.477 e. The van der Waals surface area contributed by atoms with Crippen molar-refractivity contribution < 1.29 is 19.5 Å². The van der Waals surface area contributed by atoms with Crippen LogP contribution >= 0.6 is 11.3 Å². The Labute approximate surface area is 151 Å². The van der Waals surface area contributed by atoms with Gasteiger partial charge in [0.05, 0.1) is 4.88 Å². The molecule has 0 unspecified atom stereocenters. The van der Waals surface area contributed by atoms with Gasteiger partial charge in [-0.1, -0.05) is 6.92 Å². The summed E-state index contributed by atoms with van der Waals surface area (Å²) < 4.78 is 0. The van der Waals surface area contributed by atoms with Gasteiger partial charge in [0.15, 0.2) is 0 Å². The Bertz CT molecular complexity index is 656. The fourth-order valence-electron chi connectivity index (χ4n) is 3.54. The number of carboxylic acid groups (broad SMARTS) is 1. The quantitative estimate of drug-likeness (QED) is 0.894. The van der Waals surface area contributed by atoms with Crippen LogP contribution in [0.4, 0.5) is 0 Å². The molecule has 0 atom stereocenters. The Morgan fingerprint density at radius 1 is 0.960 bits per heavy atom. The van der Waals surface area contributed by atoms with Crippen LogP contribution in [0.3, 0.4) is 0 Å². The van der Waals surface area contributed by atoms with Crippen LogP contribution < -0.4 is 0 Å². The molecule has 2 amide bonds. The van der Waals surface area contributed by atoms with E-state index in [9.17, 15) is 14.4 Å². The molecule has 0 saturated carbocycles. The van der Waals surface area contributed by atoms with Gasteiger partial charge in [-0.25, -0.2) is 4.79 Å². The molecule has 2 aliphatic rings. The molecule has 0 radical (unpaired) electrons. The highest BCUT2D eigenvalue weighted by molar-refractivity contribution is 7.15. The molecular weight excluding hydrogens is 340 g/mol. The fraction of sp³-hybridized carbons (Fsp3) is 0.611. The third kappa shape index (κ3) is 4.03. The van der Waals surface area contributed by atoms with Gasteiger partial charge in [0, 0.05) is 32.1 Å². The lowest BCUT2D eigenvalue weighted by atomic mass is 9.92. The third-order valence-electron chi connectivity index (χ3n) is 5.25. The first-order chi connectivity index (χ1) is 12.0. The highest BCUT2D eigenvalue weighted by atomic mass is 32.1. The van der Waals surface area contributed by atoms with Crippen molar-refractivity contribution in [3.8, 4) is 0 Å². The lowest BCUT2D eigenvalue weighted by Gasteiger charge is -2.36. The molecule has 136 valence electrons. The molecule has 3 rings (SSSR count). The molecule has 1 aromatic rings. The number of rotatable bonds is 3. The summed E-state index contributed by atoms with van der Waals surface area (Å²) in [6, 6.07) is 3.04. The van der Waals surface area contributed by atoms with Crippen LogP contribution in [0.15, 0.2) is 12.1 Å². The molecule has 2 aliphatic heterocycles. The normalized spacial score (nSPS) is 19.9. The van der Waals surface area contributed by atoms with Crippen LogP contribution in [0.1, 0.15) is 52.0 Å². The van der Waals surface area contributed by atoms with Gasteiger partial charge in [-0.05, 0) is 43.7 Å². The summed E-state index contributed by atoms with van der Waals surface area (Å²) in [5.41, 5.74) is 0. The first-order valence-corrected chi connectivity index (χ1v) is 9.68. The SMILES string of the molecule is CC1CCN(C(=O)C2CCN(C(=O)c3ccc(C(=O)O)s3)CC2)CC1. The zero-order valence-electron chi connectivity index (χ0n) is 14.4. The van der Waals surface area contributed by atoms with E-state index in [1.807, 2.05) is 4.90 Å². The van der Waals surface area contributed by atoms with E-state index in [-0.39, 0.29) is 22.6 Å². The lowest BCUT2D eigenvalue weighted by molar-refractivity contribution is -0.138. The molecule has 1 aromatic heterocycles. The summed E-state index contributed by atoms with van der Waals surface area (Å²) in [4.78, 5) is 40.4. The number of thiophene rings is 1. The van der Waals surface area contributed by atoms with Gasteiger partial charge in [0.1, 0.15) is 4.88 Å². The third-order valence-corrected chi connectivity index (χ3v) is 6.32. The zero-order chi connectivity index (χ0) is 18.0. The smallest absolute Gasteiger partial charge is 0.345 e. The number of likely N-dealkylation sites (tertiary alicyclic amines) is 2. The van der Waals surface area contributed by atoms with Crippen molar-refractivity contribution in [2.75, 3.05) is 26.2 Å². The Hall–Kier alpha value is -1.89. The van der Waals surface area contributed by atoms with E-state index in [1.165, 1.54) is 6.07 Å². The van der Waals surface area contributed by atoms with E-state index in [1.54, 1.807) is 11.0 Å². The summed E-state index contributed by atoms with van der Waals surface area (Å²) in [5.74, 6) is -0.192. The van der Waals surface area contributed by atoms with Crippen LogP contribution in [-0.4, -0.2) is 58.9 Å². The molecule has 0 aliphatic carbocycles. The highest BCUT2D eigenvalue weighted by Gasteiger charge is 2.32. The standard InChI is InChI=1S/C18H24N2O4S/c1-12-4-8-19(9-5-12)16(21)13-6-10-20(11-7-13)17(22)14-2-3-15(25-14)18(23)24/h2-3,12-13H,4-11H2,1H3,(H,23,24). The van der Waals surface area contributed by atoms with E-state index in [4.69, 9.17) is 5.11 Å². The van der Waals surface area contributed by atoms with Gasteiger partial charge < -0.3 is 14.9 Å². The van der Waals surface area contributed by atoms with Crippen molar-refractivity contribution >= 4 is 29.1 Å². The minimum atomic E-state index is -1.01. The van der Waals surface area contributed by atoms with Crippen molar-refractivity contribution in [1.29, 1.82) is 0 Å². The van der Waals surface area contributed by atoms with Crippen molar-refractivity contribution in [2.24, 2.45) is 11.8 Å². The summed E-state index contributed by atoms with van der Waals surface area (Å²) in [7, 11) is 0. The number of aromatic carboxylic acids is 1. The van der Waals surface area contributed by atoms with E-state index < -0.39 is 5.97 Å². The summed E-state index contributed by atoms with van der Waals surface area (Å²) in [6.07, 6.45) is 3.53. The Kier molecular flexibility index (Phi) is 5.42. The molecule has 0 aromatic carbocycles. The number of nitrogens with zero attached hydrogens (tertiary/aromatic N) is 2. The maximum atomic E-state index is 12.6. The van der Waals surface area contributed by atoms with E-state index in [0.717, 1.165) is 37.3 Å². The molecular formula is C18H24N2O4S. The topological polar surface area (TPSA) is 77.9 Å². The van der Waals surface area contributed by atoms with Crippen molar-refractivity contribution in [1.82, 2.24) is 9.80 Å². The number of carboxylic acids is 1. The van der Waals surface area contributed by atoms with Crippen molar-refractivity contribution in [3.05, 3.63) is 21.9 Å². The van der Waals surface area contributed by atoms with E-state index in [0.29, 0.717) is 36.7 Å². The summed E-state index contributed by atoms with van der Waals surface area (Å²) in [6.45, 7) is 5.05. The van der Waals surface area contributed by atoms with E-state index in [2.05, 4.69) is 6.92 Å². The summed E-state index contributed by atoms with van der Waals surface area (Å²) in [5, 5.41) is 8.97. The Morgan fingerprint density at radius 2 is 1.52 bits per heavy atom. The molecule has 25 heavy (non-hydrogen) atoms.